The van der Waals surface area contributed by atoms with Crippen LogP contribution in [0.4, 0.5) is 0 Å². The zero-order valence-electron chi connectivity index (χ0n) is 27.6. The fraction of sp³-hybridized carbons (Fsp3) is 0.300. The van der Waals surface area contributed by atoms with Crippen LogP contribution in [0.1, 0.15) is 79.0 Å². The minimum Gasteiger partial charge on any atom is -0.507 e. The summed E-state index contributed by atoms with van der Waals surface area (Å²) in [5.74, 6) is 0.525. The number of aromatic hydroxyl groups is 1. The molecule has 0 saturated carbocycles. The Hall–Kier alpha value is -3.75. The van der Waals surface area contributed by atoms with E-state index < -0.39 is 0 Å². The summed E-state index contributed by atoms with van der Waals surface area (Å²) in [5, 5.41) is 11.7. The maximum Gasteiger partial charge on any atom is 0.230 e. The van der Waals surface area contributed by atoms with E-state index >= 15 is 0 Å². The summed E-state index contributed by atoms with van der Waals surface area (Å²) in [6, 6.07) is 28.2. The minimum atomic E-state index is -0.112. The van der Waals surface area contributed by atoms with Crippen LogP contribution in [0.15, 0.2) is 83.4 Å². The van der Waals surface area contributed by atoms with Crippen molar-refractivity contribution in [2.45, 2.75) is 78.6 Å². The average Bonchev–Trinajstić information content (AvgIpc) is 3.39. The molecule has 1 N–H and O–H groups in total. The van der Waals surface area contributed by atoms with Crippen LogP contribution < -0.4 is 0 Å². The summed E-state index contributed by atoms with van der Waals surface area (Å²) >= 11 is 0. The normalized spacial score (nSPS) is 12.5. The van der Waals surface area contributed by atoms with E-state index in [2.05, 4.69) is 105 Å². The fourth-order valence-electron chi connectivity index (χ4n) is 5.78. The monoisotopic (exact) mass is 776 g/mol. The number of nitrogens with zero attached hydrogens (tertiary/aromatic N) is 2. The Labute approximate surface area is 281 Å². The molecule has 0 aliphatic heterocycles. The van der Waals surface area contributed by atoms with Crippen molar-refractivity contribution in [2.24, 2.45) is 0 Å². The molecule has 0 aliphatic rings. The van der Waals surface area contributed by atoms with E-state index in [9.17, 15) is 5.11 Å². The van der Waals surface area contributed by atoms with Gasteiger partial charge in [-0.1, -0.05) is 110 Å². The van der Waals surface area contributed by atoms with Crippen molar-refractivity contribution in [2.75, 3.05) is 0 Å². The summed E-state index contributed by atoms with van der Waals surface area (Å²) in [6.07, 6.45) is 1.94. The Kier molecular flexibility index (Phi) is 8.38. The number of pyridine rings is 1. The third-order valence-electron chi connectivity index (χ3n) is 8.39. The van der Waals surface area contributed by atoms with Crippen LogP contribution in [0, 0.1) is 6.07 Å². The van der Waals surface area contributed by atoms with Gasteiger partial charge in [-0.05, 0) is 57.0 Å². The molecule has 2 heterocycles. The summed E-state index contributed by atoms with van der Waals surface area (Å²) in [7, 11) is 0. The number of fused-ring (bicyclic) bond motifs is 2. The molecule has 4 nitrogen and oxygen atoms in total. The molecule has 234 valence electrons. The molecule has 0 saturated heterocycles. The third kappa shape index (κ3) is 6.23. The van der Waals surface area contributed by atoms with Crippen LogP contribution in [-0.4, -0.2) is 15.1 Å². The zero-order valence-corrected chi connectivity index (χ0v) is 29.8. The SMILES string of the molecule is CC(C)(C)c1cc(-c2cccc3oc(-c4ccccc4O)nc23)[c-]c(-c2cc(C(C)(C)C)cc3c(C(C)(C)C)ccnc23)c1.[Pt]. The van der Waals surface area contributed by atoms with E-state index in [0.717, 1.165) is 33.3 Å². The second-order valence-electron chi connectivity index (χ2n) is 14.9. The van der Waals surface area contributed by atoms with E-state index in [-0.39, 0.29) is 43.1 Å². The predicted octanol–water partition coefficient (Wildman–Crippen LogP) is 10.8. The molecule has 0 spiro atoms. The van der Waals surface area contributed by atoms with E-state index in [4.69, 9.17) is 14.4 Å². The zero-order chi connectivity index (χ0) is 31.6. The van der Waals surface area contributed by atoms with E-state index in [1.54, 1.807) is 12.1 Å². The van der Waals surface area contributed by atoms with Crippen molar-refractivity contribution in [1.29, 1.82) is 0 Å². The molecule has 45 heavy (non-hydrogen) atoms. The average molecular weight is 777 g/mol. The molecule has 0 radical (unpaired) electrons. The number of phenolic OH excluding ortho intramolecular Hbond substituents is 1. The third-order valence-corrected chi connectivity index (χ3v) is 8.39. The van der Waals surface area contributed by atoms with Gasteiger partial charge in [-0.2, -0.15) is 0 Å². The van der Waals surface area contributed by atoms with Crippen molar-refractivity contribution in [1.82, 2.24) is 9.97 Å². The van der Waals surface area contributed by atoms with Crippen LogP contribution in [0.3, 0.4) is 0 Å². The van der Waals surface area contributed by atoms with Gasteiger partial charge in [0.25, 0.3) is 0 Å². The molecule has 4 aromatic carbocycles. The maximum absolute atomic E-state index is 10.5. The van der Waals surface area contributed by atoms with Gasteiger partial charge in [0.15, 0.2) is 0 Å². The molecular formula is C40H41N2O2Pt-. The van der Waals surface area contributed by atoms with Crippen molar-refractivity contribution in [3.63, 3.8) is 0 Å². The summed E-state index contributed by atoms with van der Waals surface area (Å²) in [4.78, 5) is 9.86. The molecule has 2 aromatic heterocycles. The topological polar surface area (TPSA) is 59.2 Å². The molecule has 0 atom stereocenters. The molecule has 6 aromatic rings. The largest absolute Gasteiger partial charge is 0.507 e. The first-order chi connectivity index (χ1) is 20.6. The van der Waals surface area contributed by atoms with Gasteiger partial charge in [-0.3, -0.25) is 4.98 Å². The van der Waals surface area contributed by atoms with Crippen LogP contribution >= 0.6 is 0 Å². The Morgan fingerprint density at radius 3 is 1.91 bits per heavy atom. The number of oxazole rings is 1. The smallest absolute Gasteiger partial charge is 0.230 e. The van der Waals surface area contributed by atoms with Gasteiger partial charge in [0.1, 0.15) is 11.3 Å². The Bertz CT molecular complexity index is 2040. The first-order valence-electron chi connectivity index (χ1n) is 15.3. The number of para-hydroxylation sites is 2. The second kappa shape index (κ2) is 11.6. The number of hydrogen-bond acceptors (Lipinski definition) is 4. The molecule has 6 rings (SSSR count). The minimum absolute atomic E-state index is 0. The van der Waals surface area contributed by atoms with Crippen LogP contribution in [-0.2, 0) is 37.3 Å². The molecule has 0 amide bonds. The van der Waals surface area contributed by atoms with E-state index in [0.29, 0.717) is 17.0 Å². The van der Waals surface area contributed by atoms with Crippen LogP contribution in [0.2, 0.25) is 0 Å². The first-order valence-corrected chi connectivity index (χ1v) is 15.3. The van der Waals surface area contributed by atoms with Gasteiger partial charge in [0.05, 0.1) is 11.1 Å². The molecule has 0 unspecified atom stereocenters. The van der Waals surface area contributed by atoms with E-state index in [1.807, 2.05) is 30.5 Å². The van der Waals surface area contributed by atoms with Gasteiger partial charge in [-0.25, -0.2) is 4.98 Å². The van der Waals surface area contributed by atoms with Gasteiger partial charge < -0.3 is 9.52 Å². The number of aromatic nitrogens is 2. The van der Waals surface area contributed by atoms with Crippen molar-refractivity contribution in [3.05, 3.63) is 102 Å². The standard InChI is InChI=1S/C40H41N2O2.Pt/c1-38(2,3)26-20-24(28-14-12-16-34-36(28)42-37(44-34)29-13-10-11-15-33(29)43)19-25(21-26)30-22-27(39(4,5)6)23-31-32(40(7,8)9)17-18-41-35(30)31;/h10-18,20-23,43H,1-9H3;/q-1;. The second-order valence-corrected chi connectivity index (χ2v) is 14.9. The van der Waals surface area contributed by atoms with Crippen molar-refractivity contribution in [3.8, 4) is 39.5 Å². The Morgan fingerprint density at radius 2 is 1.27 bits per heavy atom. The summed E-state index contributed by atoms with van der Waals surface area (Å²) < 4.78 is 6.17. The van der Waals surface area contributed by atoms with Gasteiger partial charge in [0.2, 0.25) is 5.89 Å². The first kappa shape index (κ1) is 32.6. The molecule has 0 bridgehead atoms. The Morgan fingerprint density at radius 1 is 0.644 bits per heavy atom. The number of hydrogen-bond donors (Lipinski definition) is 1. The molecular weight excluding hydrogens is 736 g/mol. The number of benzene rings is 4. The summed E-state index contributed by atoms with van der Waals surface area (Å²) in [5.41, 5.74) is 10.4. The quantitative estimate of drug-likeness (QED) is 0.182. The van der Waals surface area contributed by atoms with Gasteiger partial charge in [-0.15, -0.1) is 34.9 Å². The molecule has 5 heteroatoms. The van der Waals surface area contributed by atoms with Gasteiger partial charge in [0, 0.05) is 32.8 Å². The van der Waals surface area contributed by atoms with Crippen molar-refractivity contribution < 1.29 is 30.6 Å². The van der Waals surface area contributed by atoms with Gasteiger partial charge >= 0.3 is 0 Å². The van der Waals surface area contributed by atoms with Crippen LogP contribution in [0.5, 0.6) is 5.75 Å². The van der Waals surface area contributed by atoms with Crippen LogP contribution in [0.25, 0.3) is 55.7 Å². The van der Waals surface area contributed by atoms with Crippen molar-refractivity contribution >= 4 is 22.0 Å². The predicted molar refractivity (Wildman–Crippen MR) is 182 cm³/mol. The summed E-state index contributed by atoms with van der Waals surface area (Å²) in [6.45, 7) is 20.3. The number of rotatable bonds is 3. The molecule has 0 fully saturated rings. The molecule has 0 aliphatic carbocycles. The Balaban J connectivity index is 0.00000400. The fourth-order valence-corrected chi connectivity index (χ4v) is 5.78. The number of phenols is 1. The van der Waals surface area contributed by atoms with E-state index in [1.165, 1.54) is 22.1 Å². The maximum atomic E-state index is 10.5.